The Kier molecular flexibility index (Phi) is 15.2. The number of rotatable bonds is 18. The summed E-state index contributed by atoms with van der Waals surface area (Å²) in [4.78, 5) is 11.6. The summed E-state index contributed by atoms with van der Waals surface area (Å²) in [7, 11) is 0. The summed E-state index contributed by atoms with van der Waals surface area (Å²) < 4.78 is 5.00. The van der Waals surface area contributed by atoms with Crippen molar-refractivity contribution in [3.8, 4) is 0 Å². The molecule has 166 valence electrons. The number of hydrogen-bond donors (Lipinski definition) is 2. The third kappa shape index (κ3) is 13.3. The highest BCUT2D eigenvalue weighted by Crippen LogP contribution is 2.14. The molecule has 0 amide bonds. The molecule has 1 unspecified atom stereocenters. The van der Waals surface area contributed by atoms with Gasteiger partial charge in [0, 0.05) is 18.3 Å². The van der Waals surface area contributed by atoms with Crippen molar-refractivity contribution in [1.82, 2.24) is 0 Å². The molecule has 0 aromatic heterocycles. The van der Waals surface area contributed by atoms with Gasteiger partial charge in [-0.15, -0.1) is 0 Å². The van der Waals surface area contributed by atoms with Gasteiger partial charge in [-0.3, -0.25) is 0 Å². The quantitative estimate of drug-likeness (QED) is 0.211. The highest BCUT2D eigenvalue weighted by molar-refractivity contribution is 5.89. The number of carbonyl (C=O) groups is 1. The SMILES string of the molecule is CCCCCCCCCCC(N)CCCCCNc1ccc(C(=O)OCC)cc1. The van der Waals surface area contributed by atoms with Crippen LogP contribution in [0.3, 0.4) is 0 Å². The van der Waals surface area contributed by atoms with Crippen LogP contribution in [0.5, 0.6) is 0 Å². The summed E-state index contributed by atoms with van der Waals surface area (Å²) in [6, 6.07) is 7.87. The molecule has 29 heavy (non-hydrogen) atoms. The molecule has 3 N–H and O–H groups in total. The van der Waals surface area contributed by atoms with Gasteiger partial charge in [0.05, 0.1) is 12.2 Å². The molecule has 0 aliphatic rings. The van der Waals surface area contributed by atoms with Gasteiger partial charge >= 0.3 is 5.97 Å². The van der Waals surface area contributed by atoms with Gasteiger partial charge < -0.3 is 15.8 Å². The van der Waals surface area contributed by atoms with Crippen molar-refractivity contribution in [2.24, 2.45) is 5.73 Å². The van der Waals surface area contributed by atoms with Crippen LogP contribution in [0, 0.1) is 0 Å². The molecule has 4 heteroatoms. The Morgan fingerprint density at radius 3 is 2.00 bits per heavy atom. The molecule has 0 aliphatic carbocycles. The first-order valence-electron chi connectivity index (χ1n) is 11.9. The number of hydrogen-bond acceptors (Lipinski definition) is 4. The van der Waals surface area contributed by atoms with Crippen molar-refractivity contribution in [2.45, 2.75) is 103 Å². The van der Waals surface area contributed by atoms with Crippen molar-refractivity contribution in [3.63, 3.8) is 0 Å². The lowest BCUT2D eigenvalue weighted by molar-refractivity contribution is 0.0526. The van der Waals surface area contributed by atoms with Crippen LogP contribution in [0.25, 0.3) is 0 Å². The van der Waals surface area contributed by atoms with Gasteiger partial charge in [-0.25, -0.2) is 4.79 Å². The first-order valence-corrected chi connectivity index (χ1v) is 11.9. The number of anilines is 1. The van der Waals surface area contributed by atoms with E-state index < -0.39 is 0 Å². The average Bonchev–Trinajstić information content (AvgIpc) is 2.73. The smallest absolute Gasteiger partial charge is 0.338 e. The summed E-state index contributed by atoms with van der Waals surface area (Å²) >= 11 is 0. The van der Waals surface area contributed by atoms with Gasteiger partial charge in [-0.1, -0.05) is 71.1 Å². The summed E-state index contributed by atoms with van der Waals surface area (Å²) in [6.45, 7) is 5.44. The van der Waals surface area contributed by atoms with E-state index in [4.69, 9.17) is 10.5 Å². The Bertz CT molecular complexity index is 516. The van der Waals surface area contributed by atoms with E-state index >= 15 is 0 Å². The third-order valence-electron chi connectivity index (χ3n) is 5.41. The Hall–Kier alpha value is -1.55. The van der Waals surface area contributed by atoms with Gasteiger partial charge in [-0.05, 0) is 50.5 Å². The van der Waals surface area contributed by atoms with Crippen LogP contribution in [0.4, 0.5) is 5.69 Å². The summed E-state index contributed by atoms with van der Waals surface area (Å²) in [6.07, 6.45) is 16.8. The monoisotopic (exact) mass is 404 g/mol. The van der Waals surface area contributed by atoms with Crippen LogP contribution < -0.4 is 11.1 Å². The van der Waals surface area contributed by atoms with Gasteiger partial charge in [-0.2, -0.15) is 0 Å². The Morgan fingerprint density at radius 2 is 1.41 bits per heavy atom. The van der Waals surface area contributed by atoms with Crippen LogP contribution in [-0.2, 0) is 4.74 Å². The number of nitrogens with two attached hydrogens (primary N) is 1. The number of carbonyl (C=O) groups excluding carboxylic acids is 1. The normalized spacial score (nSPS) is 12.0. The van der Waals surface area contributed by atoms with Crippen LogP contribution in [0.2, 0.25) is 0 Å². The van der Waals surface area contributed by atoms with Crippen molar-refractivity contribution in [2.75, 3.05) is 18.5 Å². The first kappa shape index (κ1) is 25.5. The third-order valence-corrected chi connectivity index (χ3v) is 5.41. The van der Waals surface area contributed by atoms with Gasteiger partial charge in [0.1, 0.15) is 0 Å². The molecular weight excluding hydrogens is 360 g/mol. The zero-order chi connectivity index (χ0) is 21.2. The summed E-state index contributed by atoms with van der Waals surface area (Å²) in [5.41, 5.74) is 7.91. The van der Waals surface area contributed by atoms with Gasteiger partial charge in [0.25, 0.3) is 0 Å². The number of ether oxygens (including phenoxy) is 1. The maximum absolute atomic E-state index is 11.6. The molecule has 0 saturated carbocycles. The Labute approximate surface area is 179 Å². The van der Waals surface area contributed by atoms with Crippen molar-refractivity contribution in [1.29, 1.82) is 0 Å². The molecule has 1 atom stereocenters. The number of esters is 1. The molecule has 0 radical (unpaired) electrons. The van der Waals surface area contributed by atoms with E-state index in [-0.39, 0.29) is 5.97 Å². The van der Waals surface area contributed by atoms with Crippen LogP contribution in [-0.4, -0.2) is 25.2 Å². The molecule has 0 saturated heterocycles. The zero-order valence-electron chi connectivity index (χ0n) is 18.9. The molecule has 0 fully saturated rings. The lowest BCUT2D eigenvalue weighted by atomic mass is 10.0. The molecule has 0 spiro atoms. The second-order valence-corrected chi connectivity index (χ2v) is 8.10. The predicted octanol–water partition coefficient (Wildman–Crippen LogP) is 6.69. The van der Waals surface area contributed by atoms with E-state index in [0.29, 0.717) is 18.2 Å². The summed E-state index contributed by atoms with van der Waals surface area (Å²) in [5.74, 6) is -0.262. The highest BCUT2D eigenvalue weighted by Gasteiger charge is 2.05. The first-order chi connectivity index (χ1) is 14.2. The summed E-state index contributed by atoms with van der Waals surface area (Å²) in [5, 5.41) is 3.41. The molecule has 0 heterocycles. The molecule has 1 aromatic carbocycles. The number of unbranched alkanes of at least 4 members (excludes halogenated alkanes) is 9. The molecule has 0 aliphatic heterocycles. The van der Waals surface area contributed by atoms with E-state index in [9.17, 15) is 4.79 Å². The largest absolute Gasteiger partial charge is 0.462 e. The van der Waals surface area contributed by atoms with Crippen molar-refractivity contribution in [3.05, 3.63) is 29.8 Å². The number of nitrogens with one attached hydrogen (secondary N) is 1. The van der Waals surface area contributed by atoms with E-state index in [1.54, 1.807) is 0 Å². The van der Waals surface area contributed by atoms with Gasteiger partial charge in [0.15, 0.2) is 0 Å². The minimum atomic E-state index is -0.262. The van der Waals surface area contributed by atoms with Crippen LogP contribution in [0.1, 0.15) is 108 Å². The topological polar surface area (TPSA) is 64.3 Å². The van der Waals surface area contributed by atoms with Gasteiger partial charge in [0.2, 0.25) is 0 Å². The number of benzene rings is 1. The lowest BCUT2D eigenvalue weighted by Crippen LogP contribution is -2.19. The van der Waals surface area contributed by atoms with E-state index in [1.807, 2.05) is 31.2 Å². The fourth-order valence-corrected chi connectivity index (χ4v) is 3.56. The lowest BCUT2D eigenvalue weighted by Gasteiger charge is -2.12. The molecule has 1 rings (SSSR count). The standard InChI is InChI=1S/C25H44N2O2/c1-3-5-6-7-8-9-10-12-15-23(26)16-13-11-14-21-27-24-19-17-22(18-20-24)25(28)29-4-2/h17-20,23,27H,3-16,21,26H2,1-2H3. The maximum atomic E-state index is 11.6. The molecule has 0 bridgehead atoms. The zero-order valence-corrected chi connectivity index (χ0v) is 18.9. The maximum Gasteiger partial charge on any atom is 0.338 e. The molecule has 4 nitrogen and oxygen atoms in total. The second kappa shape index (κ2) is 17.3. The molecule has 1 aromatic rings. The molecular formula is C25H44N2O2. The van der Waals surface area contributed by atoms with Crippen LogP contribution >= 0.6 is 0 Å². The minimum Gasteiger partial charge on any atom is -0.462 e. The van der Waals surface area contributed by atoms with Crippen LogP contribution in [0.15, 0.2) is 24.3 Å². The Morgan fingerprint density at radius 1 is 0.862 bits per heavy atom. The van der Waals surface area contributed by atoms with E-state index in [2.05, 4.69) is 12.2 Å². The fourth-order valence-electron chi connectivity index (χ4n) is 3.56. The predicted molar refractivity (Wildman–Crippen MR) is 125 cm³/mol. The Balaban J connectivity index is 1.96. The second-order valence-electron chi connectivity index (χ2n) is 8.10. The average molecular weight is 405 g/mol. The minimum absolute atomic E-state index is 0.262. The van der Waals surface area contributed by atoms with Crippen molar-refractivity contribution < 1.29 is 9.53 Å². The fraction of sp³-hybridized carbons (Fsp3) is 0.720. The van der Waals surface area contributed by atoms with E-state index in [0.717, 1.165) is 25.1 Å². The highest BCUT2D eigenvalue weighted by atomic mass is 16.5. The van der Waals surface area contributed by atoms with Crippen molar-refractivity contribution >= 4 is 11.7 Å². The van der Waals surface area contributed by atoms with E-state index in [1.165, 1.54) is 70.6 Å².